The van der Waals surface area contributed by atoms with Gasteiger partial charge in [-0.15, -0.1) is 0 Å². The number of halogens is 1. The Bertz CT molecular complexity index is 479. The first-order chi connectivity index (χ1) is 8.52. The molecule has 1 aromatic rings. The van der Waals surface area contributed by atoms with Gasteiger partial charge >= 0.3 is 5.69 Å². The minimum Gasteiger partial charge on any atom is -0.490 e. The number of nitro groups is 1. The van der Waals surface area contributed by atoms with Crippen molar-refractivity contribution in [2.24, 2.45) is 11.8 Å². The lowest BCUT2D eigenvalue weighted by atomic mass is 10.2. The van der Waals surface area contributed by atoms with Crippen LogP contribution >= 0.6 is 0 Å². The van der Waals surface area contributed by atoms with Crippen molar-refractivity contribution < 1.29 is 14.1 Å². The highest BCUT2D eigenvalue weighted by Crippen LogP contribution is 2.38. The molecule has 0 aliphatic heterocycles. The van der Waals surface area contributed by atoms with Gasteiger partial charge in [0.05, 0.1) is 23.8 Å². The van der Waals surface area contributed by atoms with Crippen LogP contribution in [0.1, 0.15) is 13.3 Å². The van der Waals surface area contributed by atoms with E-state index in [9.17, 15) is 14.5 Å². The molecule has 18 heavy (non-hydrogen) atoms. The van der Waals surface area contributed by atoms with E-state index < -0.39 is 10.7 Å². The highest BCUT2D eigenvalue weighted by molar-refractivity contribution is 5.59. The third-order valence-electron chi connectivity index (χ3n) is 3.30. The van der Waals surface area contributed by atoms with E-state index in [4.69, 9.17) is 4.74 Å². The lowest BCUT2D eigenvalue weighted by molar-refractivity contribution is -0.385. The molecule has 2 rings (SSSR count). The summed E-state index contributed by atoms with van der Waals surface area (Å²) in [5.41, 5.74) is -0.114. The maximum Gasteiger partial charge on any atom is 0.313 e. The topological polar surface area (TPSA) is 64.4 Å². The maximum absolute atomic E-state index is 13.7. The maximum atomic E-state index is 13.7. The second-order valence-corrected chi connectivity index (χ2v) is 4.61. The first-order valence-electron chi connectivity index (χ1n) is 5.78. The number of nitrogens with one attached hydrogen (secondary N) is 1. The largest absolute Gasteiger partial charge is 0.490 e. The van der Waals surface area contributed by atoms with Crippen LogP contribution in [0.25, 0.3) is 0 Å². The molecule has 1 aromatic carbocycles. The van der Waals surface area contributed by atoms with Gasteiger partial charge in [-0.05, 0) is 18.3 Å². The number of nitro benzene ring substituents is 1. The second kappa shape index (κ2) is 4.80. The van der Waals surface area contributed by atoms with Crippen molar-refractivity contribution in [3.05, 3.63) is 28.1 Å². The van der Waals surface area contributed by atoms with Gasteiger partial charge in [-0.1, -0.05) is 6.92 Å². The van der Waals surface area contributed by atoms with E-state index in [1.165, 1.54) is 13.2 Å². The van der Waals surface area contributed by atoms with Gasteiger partial charge in [0.1, 0.15) is 0 Å². The minimum atomic E-state index is -0.658. The number of ether oxygens (including phenoxy) is 1. The molecule has 0 spiro atoms. The fourth-order valence-corrected chi connectivity index (χ4v) is 1.91. The Morgan fingerprint density at radius 1 is 1.61 bits per heavy atom. The van der Waals surface area contributed by atoms with Gasteiger partial charge in [-0.25, -0.2) is 4.39 Å². The zero-order valence-corrected chi connectivity index (χ0v) is 10.3. The van der Waals surface area contributed by atoms with Crippen molar-refractivity contribution in [3.63, 3.8) is 0 Å². The molecule has 98 valence electrons. The lowest BCUT2D eigenvalue weighted by Gasteiger charge is -2.09. The quantitative estimate of drug-likeness (QED) is 0.648. The molecule has 0 radical (unpaired) electrons. The van der Waals surface area contributed by atoms with Crippen LogP contribution in [0.3, 0.4) is 0 Å². The first-order valence-corrected chi connectivity index (χ1v) is 5.78. The zero-order chi connectivity index (χ0) is 13.3. The van der Waals surface area contributed by atoms with E-state index in [1.807, 2.05) is 0 Å². The lowest BCUT2D eigenvalue weighted by Crippen LogP contribution is -2.07. The Kier molecular flexibility index (Phi) is 3.36. The monoisotopic (exact) mass is 254 g/mol. The number of benzene rings is 1. The number of hydrogen-bond acceptors (Lipinski definition) is 4. The molecule has 2 atom stereocenters. The summed E-state index contributed by atoms with van der Waals surface area (Å²) in [5, 5.41) is 13.7. The summed E-state index contributed by atoms with van der Waals surface area (Å²) in [6.45, 7) is 2.82. The van der Waals surface area contributed by atoms with Crippen LogP contribution in [0.5, 0.6) is 5.75 Å². The summed E-state index contributed by atoms with van der Waals surface area (Å²) >= 11 is 0. The Hall–Kier alpha value is -1.85. The first kappa shape index (κ1) is 12.6. The van der Waals surface area contributed by atoms with E-state index in [0.717, 1.165) is 12.5 Å². The molecule has 1 aliphatic rings. The Labute approximate surface area is 104 Å². The normalized spacial score (nSPS) is 21.5. The molecule has 1 saturated carbocycles. The van der Waals surface area contributed by atoms with Crippen molar-refractivity contribution in [2.45, 2.75) is 13.3 Å². The van der Waals surface area contributed by atoms with E-state index in [1.54, 1.807) is 0 Å². The van der Waals surface area contributed by atoms with Gasteiger partial charge < -0.3 is 10.1 Å². The summed E-state index contributed by atoms with van der Waals surface area (Å²) in [6.07, 6.45) is 1.14. The molecule has 5 nitrogen and oxygen atoms in total. The zero-order valence-electron chi connectivity index (χ0n) is 10.3. The summed E-state index contributed by atoms with van der Waals surface area (Å²) in [5.74, 6) is 0.662. The Morgan fingerprint density at radius 3 is 2.78 bits per heavy atom. The van der Waals surface area contributed by atoms with E-state index in [0.29, 0.717) is 18.4 Å². The number of hydrogen-bond donors (Lipinski definition) is 1. The van der Waals surface area contributed by atoms with Crippen molar-refractivity contribution in [2.75, 3.05) is 19.0 Å². The molecule has 1 fully saturated rings. The molecular weight excluding hydrogens is 239 g/mol. The summed E-state index contributed by atoms with van der Waals surface area (Å²) in [6, 6.07) is 2.22. The van der Waals surface area contributed by atoms with E-state index in [-0.39, 0.29) is 17.1 Å². The fourth-order valence-electron chi connectivity index (χ4n) is 1.91. The standard InChI is InChI=1S/C12H15FN2O3/c1-7-3-8(7)6-14-10-5-12(18-2)11(15(16)17)4-9(10)13/h4-5,7-8,14H,3,6H2,1-2H3. The minimum absolute atomic E-state index is 0.0627. The Morgan fingerprint density at radius 2 is 2.28 bits per heavy atom. The van der Waals surface area contributed by atoms with Crippen molar-refractivity contribution >= 4 is 11.4 Å². The average Bonchev–Trinajstić information content (AvgIpc) is 3.03. The molecule has 0 saturated heterocycles. The number of methoxy groups -OCH3 is 1. The van der Waals surface area contributed by atoms with Gasteiger partial charge in [0.2, 0.25) is 0 Å². The molecule has 0 amide bonds. The highest BCUT2D eigenvalue weighted by atomic mass is 19.1. The highest BCUT2D eigenvalue weighted by Gasteiger charge is 2.32. The van der Waals surface area contributed by atoms with Gasteiger partial charge in [-0.2, -0.15) is 0 Å². The van der Waals surface area contributed by atoms with Crippen LogP contribution in [-0.2, 0) is 0 Å². The molecule has 1 aliphatic carbocycles. The molecule has 0 bridgehead atoms. The molecule has 0 heterocycles. The predicted molar refractivity (Wildman–Crippen MR) is 65.4 cm³/mol. The van der Waals surface area contributed by atoms with Crippen LogP contribution in [0.2, 0.25) is 0 Å². The number of anilines is 1. The van der Waals surface area contributed by atoms with Crippen molar-refractivity contribution in [1.29, 1.82) is 0 Å². The Balaban J connectivity index is 2.17. The predicted octanol–water partition coefficient (Wildman–Crippen LogP) is 2.81. The average molecular weight is 254 g/mol. The summed E-state index contributed by atoms with van der Waals surface area (Å²) < 4.78 is 18.6. The number of nitrogens with zero attached hydrogens (tertiary/aromatic N) is 1. The summed E-state index contributed by atoms with van der Waals surface area (Å²) in [7, 11) is 1.33. The second-order valence-electron chi connectivity index (χ2n) is 4.61. The van der Waals surface area contributed by atoms with Gasteiger partial charge in [-0.3, -0.25) is 10.1 Å². The van der Waals surface area contributed by atoms with Crippen LogP contribution in [-0.4, -0.2) is 18.6 Å². The van der Waals surface area contributed by atoms with Gasteiger partial charge in [0.25, 0.3) is 0 Å². The van der Waals surface area contributed by atoms with Crippen LogP contribution in [0, 0.1) is 27.8 Å². The molecule has 2 unspecified atom stereocenters. The van der Waals surface area contributed by atoms with Crippen LogP contribution in [0.4, 0.5) is 15.8 Å². The van der Waals surface area contributed by atoms with Crippen molar-refractivity contribution in [1.82, 2.24) is 0 Å². The molecule has 6 heteroatoms. The molecule has 1 N–H and O–H groups in total. The molecule has 0 aromatic heterocycles. The van der Waals surface area contributed by atoms with Crippen LogP contribution in [0.15, 0.2) is 12.1 Å². The smallest absolute Gasteiger partial charge is 0.313 e. The molecular formula is C12H15FN2O3. The third-order valence-corrected chi connectivity index (χ3v) is 3.30. The van der Waals surface area contributed by atoms with Crippen molar-refractivity contribution in [3.8, 4) is 5.75 Å². The van der Waals surface area contributed by atoms with Gasteiger partial charge in [0, 0.05) is 12.6 Å². The number of rotatable bonds is 5. The van der Waals surface area contributed by atoms with Crippen LogP contribution < -0.4 is 10.1 Å². The van der Waals surface area contributed by atoms with E-state index in [2.05, 4.69) is 12.2 Å². The summed E-state index contributed by atoms with van der Waals surface area (Å²) in [4.78, 5) is 10.0. The van der Waals surface area contributed by atoms with E-state index >= 15 is 0 Å². The SMILES string of the molecule is COc1cc(NCC2CC2C)c(F)cc1[N+](=O)[O-]. The van der Waals surface area contributed by atoms with Gasteiger partial charge in [0.15, 0.2) is 11.6 Å². The fraction of sp³-hybridized carbons (Fsp3) is 0.500. The third kappa shape index (κ3) is 2.52.